The molecule has 1 aromatic carbocycles. The molecule has 2 aromatic heterocycles. The average molecular weight is 416 g/mol. The third kappa shape index (κ3) is 5.23. The summed E-state index contributed by atoms with van der Waals surface area (Å²) in [6, 6.07) is 7.95. The lowest BCUT2D eigenvalue weighted by atomic mass is 10.3. The Morgan fingerprint density at radius 3 is 2.86 bits per heavy atom. The van der Waals surface area contributed by atoms with Crippen molar-refractivity contribution < 1.29 is 13.9 Å². The summed E-state index contributed by atoms with van der Waals surface area (Å²) in [5.74, 6) is 0.793. The second kappa shape index (κ2) is 9.37. The van der Waals surface area contributed by atoms with E-state index in [1.54, 1.807) is 46.6 Å². The van der Waals surface area contributed by atoms with E-state index in [0.29, 0.717) is 23.3 Å². The van der Waals surface area contributed by atoms with Crippen LogP contribution in [-0.2, 0) is 25.0 Å². The molecule has 1 N–H and O–H groups in total. The van der Waals surface area contributed by atoms with E-state index in [2.05, 4.69) is 27.2 Å². The molecule has 1 amide bonds. The highest BCUT2D eigenvalue weighted by atomic mass is 32.2. The summed E-state index contributed by atoms with van der Waals surface area (Å²) >= 11 is 1.24. The molecule has 8 nitrogen and oxygen atoms in total. The first-order chi connectivity index (χ1) is 14.0. The van der Waals surface area contributed by atoms with Gasteiger partial charge in [-0.15, -0.1) is 16.8 Å². The first kappa shape index (κ1) is 20.6. The molecule has 3 rings (SSSR count). The zero-order valence-corrected chi connectivity index (χ0v) is 16.9. The minimum Gasteiger partial charge on any atom is -0.483 e. The van der Waals surface area contributed by atoms with Crippen LogP contribution in [0.4, 0.5) is 10.2 Å². The van der Waals surface area contributed by atoms with Crippen LogP contribution in [0.5, 0.6) is 5.75 Å². The Labute approximate surface area is 171 Å². The standard InChI is InChI=1S/C19H21FN6O2S/c1-4-9-26-17(11-28-15-8-6-5-7-14(15)20)22-23-19(26)29-12-18(27)21-16-10-13(2)24-25(16)3/h4-8,10H,1,9,11-12H2,2-3H3,(H,21,27). The van der Waals surface area contributed by atoms with E-state index in [1.165, 1.54) is 17.8 Å². The Balaban J connectivity index is 1.63. The van der Waals surface area contributed by atoms with E-state index in [4.69, 9.17) is 4.74 Å². The van der Waals surface area contributed by atoms with Gasteiger partial charge in [0.25, 0.3) is 0 Å². The number of hydrogen-bond acceptors (Lipinski definition) is 6. The van der Waals surface area contributed by atoms with Crippen molar-refractivity contribution in [3.05, 3.63) is 60.3 Å². The molecule has 152 valence electrons. The van der Waals surface area contributed by atoms with Crippen molar-refractivity contribution in [3.8, 4) is 5.75 Å². The van der Waals surface area contributed by atoms with E-state index in [9.17, 15) is 9.18 Å². The highest BCUT2D eigenvalue weighted by molar-refractivity contribution is 7.99. The van der Waals surface area contributed by atoms with Gasteiger partial charge in [-0.3, -0.25) is 14.0 Å². The van der Waals surface area contributed by atoms with Gasteiger partial charge in [0.1, 0.15) is 12.4 Å². The highest BCUT2D eigenvalue weighted by Crippen LogP contribution is 2.21. The molecule has 0 atom stereocenters. The monoisotopic (exact) mass is 416 g/mol. The highest BCUT2D eigenvalue weighted by Gasteiger charge is 2.15. The normalized spacial score (nSPS) is 10.7. The van der Waals surface area contributed by atoms with Crippen LogP contribution in [0, 0.1) is 12.7 Å². The van der Waals surface area contributed by atoms with Gasteiger partial charge >= 0.3 is 0 Å². The molecular weight excluding hydrogens is 395 g/mol. The lowest BCUT2D eigenvalue weighted by Crippen LogP contribution is -2.17. The molecule has 0 aliphatic carbocycles. The molecule has 0 radical (unpaired) electrons. The maximum absolute atomic E-state index is 13.7. The number of nitrogens with one attached hydrogen (secondary N) is 1. The number of hydrogen-bond donors (Lipinski definition) is 1. The summed E-state index contributed by atoms with van der Waals surface area (Å²) in [7, 11) is 1.76. The van der Waals surface area contributed by atoms with Gasteiger partial charge in [0, 0.05) is 19.7 Å². The van der Waals surface area contributed by atoms with Crippen LogP contribution >= 0.6 is 11.8 Å². The Bertz CT molecular complexity index is 1020. The van der Waals surface area contributed by atoms with Gasteiger partial charge in [-0.25, -0.2) is 4.39 Å². The molecule has 0 unspecified atom stereocenters. The molecule has 0 fully saturated rings. The first-order valence-corrected chi connectivity index (χ1v) is 9.80. The van der Waals surface area contributed by atoms with Crippen LogP contribution in [-0.4, -0.2) is 36.2 Å². The van der Waals surface area contributed by atoms with Gasteiger partial charge in [0.05, 0.1) is 11.4 Å². The summed E-state index contributed by atoms with van der Waals surface area (Å²) < 4.78 is 22.6. The van der Waals surface area contributed by atoms with Crippen LogP contribution in [0.2, 0.25) is 0 Å². The third-order valence-corrected chi connectivity index (χ3v) is 4.87. The molecule has 3 aromatic rings. The minimum absolute atomic E-state index is 0.0445. The summed E-state index contributed by atoms with van der Waals surface area (Å²) in [6.45, 7) is 6.07. The number of thioether (sulfide) groups is 1. The molecule has 2 heterocycles. The maximum Gasteiger partial charge on any atom is 0.235 e. The van der Waals surface area contributed by atoms with Gasteiger partial charge in [-0.1, -0.05) is 30.0 Å². The van der Waals surface area contributed by atoms with E-state index >= 15 is 0 Å². The van der Waals surface area contributed by atoms with E-state index in [-0.39, 0.29) is 24.0 Å². The van der Waals surface area contributed by atoms with Crippen molar-refractivity contribution in [2.75, 3.05) is 11.1 Å². The number of anilines is 1. The van der Waals surface area contributed by atoms with Gasteiger partial charge < -0.3 is 10.1 Å². The van der Waals surface area contributed by atoms with Gasteiger partial charge in [0.2, 0.25) is 5.91 Å². The summed E-state index contributed by atoms with van der Waals surface area (Å²) in [6.07, 6.45) is 1.69. The second-order valence-electron chi connectivity index (χ2n) is 6.15. The molecule has 0 aliphatic heterocycles. The van der Waals surface area contributed by atoms with Crippen LogP contribution < -0.4 is 10.1 Å². The number of carbonyl (C=O) groups is 1. The van der Waals surface area contributed by atoms with Crippen molar-refractivity contribution in [1.82, 2.24) is 24.5 Å². The molecule has 0 spiro atoms. The number of ether oxygens (including phenoxy) is 1. The van der Waals surface area contributed by atoms with Crippen molar-refractivity contribution in [1.29, 1.82) is 0 Å². The Hall–Kier alpha value is -3.14. The van der Waals surface area contributed by atoms with Crippen LogP contribution in [0.1, 0.15) is 11.5 Å². The topological polar surface area (TPSA) is 86.9 Å². The number of benzene rings is 1. The number of rotatable bonds is 9. The van der Waals surface area contributed by atoms with Gasteiger partial charge in [0.15, 0.2) is 22.5 Å². The molecule has 29 heavy (non-hydrogen) atoms. The number of allylic oxidation sites excluding steroid dienone is 1. The first-order valence-electron chi connectivity index (χ1n) is 8.81. The third-order valence-electron chi connectivity index (χ3n) is 3.90. The molecule has 0 saturated carbocycles. The minimum atomic E-state index is -0.445. The second-order valence-corrected chi connectivity index (χ2v) is 7.09. The Kier molecular flexibility index (Phi) is 6.65. The van der Waals surface area contributed by atoms with Gasteiger partial charge in [-0.2, -0.15) is 5.10 Å². The van der Waals surface area contributed by atoms with Crippen LogP contribution in [0.25, 0.3) is 0 Å². The quantitative estimate of drug-likeness (QED) is 0.426. The zero-order chi connectivity index (χ0) is 20.8. The van der Waals surface area contributed by atoms with E-state index in [1.807, 2.05) is 6.92 Å². The number of nitrogens with zero attached hydrogens (tertiary/aromatic N) is 5. The largest absolute Gasteiger partial charge is 0.483 e. The predicted octanol–water partition coefficient (Wildman–Crippen LogP) is 2.95. The molecular formula is C19H21FN6O2S. The van der Waals surface area contributed by atoms with Crippen LogP contribution in [0.3, 0.4) is 0 Å². The van der Waals surface area contributed by atoms with Gasteiger partial charge in [-0.05, 0) is 19.1 Å². The average Bonchev–Trinajstić information content (AvgIpc) is 3.22. The fourth-order valence-electron chi connectivity index (χ4n) is 2.59. The molecule has 0 bridgehead atoms. The summed E-state index contributed by atoms with van der Waals surface area (Å²) in [5, 5.41) is 15.8. The number of carbonyl (C=O) groups excluding carboxylic acids is 1. The smallest absolute Gasteiger partial charge is 0.235 e. The fourth-order valence-corrected chi connectivity index (χ4v) is 3.35. The number of amides is 1. The fraction of sp³-hybridized carbons (Fsp3) is 0.263. The number of aromatic nitrogens is 5. The molecule has 10 heteroatoms. The summed E-state index contributed by atoms with van der Waals surface area (Å²) in [5.41, 5.74) is 0.820. The molecule has 0 saturated heterocycles. The van der Waals surface area contributed by atoms with Crippen molar-refractivity contribution in [3.63, 3.8) is 0 Å². The number of halogens is 1. The van der Waals surface area contributed by atoms with Crippen LogP contribution in [0.15, 0.2) is 48.1 Å². The van der Waals surface area contributed by atoms with E-state index < -0.39 is 5.82 Å². The van der Waals surface area contributed by atoms with E-state index in [0.717, 1.165) is 5.69 Å². The predicted molar refractivity (Wildman–Crippen MR) is 108 cm³/mol. The number of aryl methyl sites for hydroxylation is 2. The lowest BCUT2D eigenvalue weighted by Gasteiger charge is -2.09. The Morgan fingerprint density at radius 2 is 2.17 bits per heavy atom. The molecule has 0 aliphatic rings. The summed E-state index contributed by atoms with van der Waals surface area (Å²) in [4.78, 5) is 12.3. The Morgan fingerprint density at radius 1 is 1.38 bits per heavy atom. The SMILES string of the molecule is C=CCn1c(COc2ccccc2F)nnc1SCC(=O)Nc1cc(C)nn1C. The lowest BCUT2D eigenvalue weighted by molar-refractivity contribution is -0.113. The number of para-hydroxylation sites is 1. The zero-order valence-electron chi connectivity index (χ0n) is 16.1. The van der Waals surface area contributed by atoms with Crippen molar-refractivity contribution in [2.24, 2.45) is 7.05 Å². The van der Waals surface area contributed by atoms with Crippen molar-refractivity contribution >= 4 is 23.5 Å². The maximum atomic E-state index is 13.7. The van der Waals surface area contributed by atoms with Crippen molar-refractivity contribution in [2.45, 2.75) is 25.2 Å².